The molecule has 19 heavy (non-hydrogen) atoms. The second kappa shape index (κ2) is 8.80. The molecule has 0 fully saturated rings. The largest absolute Gasteiger partial charge is 0.480 e. The Morgan fingerprint density at radius 3 is 2.42 bits per heavy atom. The number of urea groups is 1. The second-order valence-electron chi connectivity index (χ2n) is 4.31. The molecule has 3 amide bonds. The highest BCUT2D eigenvalue weighted by Gasteiger charge is 2.16. The van der Waals surface area contributed by atoms with Crippen LogP contribution in [0.5, 0.6) is 0 Å². The van der Waals surface area contributed by atoms with Gasteiger partial charge < -0.3 is 20.6 Å². The molecule has 0 radical (unpaired) electrons. The van der Waals surface area contributed by atoms with Gasteiger partial charge in [0.15, 0.2) is 0 Å². The van der Waals surface area contributed by atoms with Gasteiger partial charge in [0.2, 0.25) is 5.91 Å². The molecule has 0 spiro atoms. The van der Waals surface area contributed by atoms with E-state index in [0.717, 1.165) is 4.90 Å². The molecule has 106 valence electrons. The molecule has 0 aliphatic heterocycles. The van der Waals surface area contributed by atoms with Gasteiger partial charge in [-0.15, -0.1) is 6.42 Å². The maximum Gasteiger partial charge on any atom is 0.323 e. The van der Waals surface area contributed by atoms with Crippen LogP contribution in [0.2, 0.25) is 0 Å². The lowest BCUT2D eigenvalue weighted by atomic mass is 10.2. The monoisotopic (exact) mass is 269 g/mol. The minimum Gasteiger partial charge on any atom is -0.480 e. The molecule has 0 saturated heterocycles. The van der Waals surface area contributed by atoms with Gasteiger partial charge in [0.1, 0.15) is 6.54 Å². The number of nitrogens with zero attached hydrogens (tertiary/aromatic N) is 1. The van der Waals surface area contributed by atoms with Gasteiger partial charge in [0.05, 0.1) is 13.1 Å². The SMILES string of the molecule is C#CCN(CC(=O)O)C(=O)NCC(=O)NCC(C)C. The molecular formula is C12H19N3O4. The van der Waals surface area contributed by atoms with Crippen molar-refractivity contribution in [3.8, 4) is 12.3 Å². The van der Waals surface area contributed by atoms with E-state index in [1.807, 2.05) is 13.8 Å². The zero-order chi connectivity index (χ0) is 14.8. The molecule has 7 heteroatoms. The van der Waals surface area contributed by atoms with Crippen LogP contribution in [-0.4, -0.2) is 54.1 Å². The standard InChI is InChI=1S/C12H19N3O4/c1-4-5-15(8-11(17)18)12(19)14-7-10(16)13-6-9(2)3/h1,9H,5-8H2,2-3H3,(H,13,16)(H,14,19)(H,17,18). The van der Waals surface area contributed by atoms with Gasteiger partial charge in [-0.2, -0.15) is 0 Å². The van der Waals surface area contributed by atoms with Crippen molar-refractivity contribution in [3.63, 3.8) is 0 Å². The molecule has 0 aromatic carbocycles. The maximum atomic E-state index is 11.6. The molecule has 3 N–H and O–H groups in total. The lowest BCUT2D eigenvalue weighted by molar-refractivity contribution is -0.137. The number of carboxylic acids is 1. The van der Waals surface area contributed by atoms with Crippen molar-refractivity contribution in [2.75, 3.05) is 26.2 Å². The summed E-state index contributed by atoms with van der Waals surface area (Å²) < 4.78 is 0. The third-order valence-electron chi connectivity index (χ3n) is 2.00. The Balaban J connectivity index is 4.15. The van der Waals surface area contributed by atoms with Crippen molar-refractivity contribution in [1.29, 1.82) is 0 Å². The van der Waals surface area contributed by atoms with Crippen LogP contribution in [0.3, 0.4) is 0 Å². The third kappa shape index (κ3) is 8.49. The van der Waals surface area contributed by atoms with Crippen LogP contribution >= 0.6 is 0 Å². The first-order valence-corrected chi connectivity index (χ1v) is 5.81. The highest BCUT2D eigenvalue weighted by molar-refractivity contribution is 5.85. The van der Waals surface area contributed by atoms with Gasteiger partial charge in [-0.05, 0) is 5.92 Å². The van der Waals surface area contributed by atoms with Crippen molar-refractivity contribution in [1.82, 2.24) is 15.5 Å². The molecule has 7 nitrogen and oxygen atoms in total. The summed E-state index contributed by atoms with van der Waals surface area (Å²) in [4.78, 5) is 34.4. The predicted octanol–water partition coefficient (Wildman–Crippen LogP) is -0.512. The van der Waals surface area contributed by atoms with Crippen LogP contribution in [0.1, 0.15) is 13.8 Å². The van der Waals surface area contributed by atoms with E-state index in [9.17, 15) is 14.4 Å². The van der Waals surface area contributed by atoms with Gasteiger partial charge in [-0.3, -0.25) is 9.59 Å². The summed E-state index contributed by atoms with van der Waals surface area (Å²) in [7, 11) is 0. The van der Waals surface area contributed by atoms with Crippen molar-refractivity contribution >= 4 is 17.9 Å². The minimum absolute atomic E-state index is 0.133. The van der Waals surface area contributed by atoms with Crippen LogP contribution in [0.25, 0.3) is 0 Å². The lowest BCUT2D eigenvalue weighted by Crippen LogP contribution is -2.46. The Morgan fingerprint density at radius 1 is 1.32 bits per heavy atom. The topological polar surface area (TPSA) is 98.7 Å². The maximum absolute atomic E-state index is 11.6. The zero-order valence-electron chi connectivity index (χ0n) is 11.1. The van der Waals surface area contributed by atoms with Gasteiger partial charge in [0, 0.05) is 6.54 Å². The minimum atomic E-state index is -1.17. The number of terminal acetylenes is 1. The van der Waals surface area contributed by atoms with Crippen molar-refractivity contribution in [2.24, 2.45) is 5.92 Å². The van der Waals surface area contributed by atoms with Gasteiger partial charge in [-0.25, -0.2) is 4.79 Å². The van der Waals surface area contributed by atoms with E-state index in [4.69, 9.17) is 11.5 Å². The molecule has 0 aromatic heterocycles. The molecule has 0 heterocycles. The van der Waals surface area contributed by atoms with Crippen LogP contribution in [0.4, 0.5) is 4.79 Å². The zero-order valence-corrected chi connectivity index (χ0v) is 11.1. The fraction of sp³-hybridized carbons (Fsp3) is 0.583. The van der Waals surface area contributed by atoms with E-state index in [1.54, 1.807) is 0 Å². The first-order chi connectivity index (χ1) is 8.86. The van der Waals surface area contributed by atoms with Gasteiger partial charge >= 0.3 is 12.0 Å². The number of carbonyl (C=O) groups is 3. The van der Waals surface area contributed by atoms with Crippen molar-refractivity contribution < 1.29 is 19.5 Å². The second-order valence-corrected chi connectivity index (χ2v) is 4.31. The van der Waals surface area contributed by atoms with Crippen LogP contribution in [0, 0.1) is 18.3 Å². The molecule has 0 saturated carbocycles. The summed E-state index contributed by atoms with van der Waals surface area (Å²) in [5.41, 5.74) is 0. The van der Waals surface area contributed by atoms with E-state index in [1.165, 1.54) is 0 Å². The normalized spacial score (nSPS) is 9.58. The Kier molecular flexibility index (Phi) is 7.77. The fourth-order valence-electron chi connectivity index (χ4n) is 1.12. The molecule has 0 aliphatic carbocycles. The molecule has 0 unspecified atom stereocenters. The summed E-state index contributed by atoms with van der Waals surface area (Å²) >= 11 is 0. The Labute approximate surface area is 112 Å². The number of nitrogens with one attached hydrogen (secondary N) is 2. The highest BCUT2D eigenvalue weighted by atomic mass is 16.4. The number of carbonyl (C=O) groups excluding carboxylic acids is 2. The average Bonchev–Trinajstić information content (AvgIpc) is 2.32. The fourth-order valence-corrected chi connectivity index (χ4v) is 1.12. The summed E-state index contributed by atoms with van der Waals surface area (Å²) in [6.07, 6.45) is 5.04. The number of carboxylic acid groups (broad SMARTS) is 1. The van der Waals surface area contributed by atoms with E-state index >= 15 is 0 Å². The quantitative estimate of drug-likeness (QED) is 0.542. The van der Waals surface area contributed by atoms with E-state index < -0.39 is 18.5 Å². The van der Waals surface area contributed by atoms with Crippen LogP contribution in [0.15, 0.2) is 0 Å². The highest BCUT2D eigenvalue weighted by Crippen LogP contribution is 1.89. The average molecular weight is 269 g/mol. The van der Waals surface area contributed by atoms with E-state index in [-0.39, 0.29) is 19.0 Å². The molecule has 0 aliphatic rings. The molecular weight excluding hydrogens is 250 g/mol. The van der Waals surface area contributed by atoms with Gasteiger partial charge in [-0.1, -0.05) is 19.8 Å². The number of hydrogen-bond donors (Lipinski definition) is 3. The first kappa shape index (κ1) is 16.8. The third-order valence-corrected chi connectivity index (χ3v) is 2.00. The smallest absolute Gasteiger partial charge is 0.323 e. The molecule has 0 bridgehead atoms. The Bertz CT molecular complexity index is 374. The number of rotatable bonds is 7. The Morgan fingerprint density at radius 2 is 1.95 bits per heavy atom. The lowest BCUT2D eigenvalue weighted by Gasteiger charge is -2.18. The van der Waals surface area contributed by atoms with Crippen molar-refractivity contribution in [3.05, 3.63) is 0 Å². The summed E-state index contributed by atoms with van der Waals surface area (Å²) in [5.74, 6) is 0.986. The molecule has 0 aromatic rings. The van der Waals surface area contributed by atoms with Crippen molar-refractivity contribution in [2.45, 2.75) is 13.8 Å². The number of aliphatic carboxylic acids is 1. The predicted molar refractivity (Wildman–Crippen MR) is 69.3 cm³/mol. The number of amides is 3. The summed E-state index contributed by atoms with van der Waals surface area (Å²) in [6.45, 7) is 3.54. The summed E-state index contributed by atoms with van der Waals surface area (Å²) in [6, 6.07) is -0.681. The van der Waals surface area contributed by atoms with E-state index in [2.05, 4.69) is 16.6 Å². The van der Waals surface area contributed by atoms with Crippen LogP contribution < -0.4 is 10.6 Å². The summed E-state index contributed by atoms with van der Waals surface area (Å²) in [5, 5.41) is 13.5. The number of hydrogen-bond acceptors (Lipinski definition) is 3. The van der Waals surface area contributed by atoms with E-state index in [0.29, 0.717) is 12.5 Å². The molecule has 0 atom stereocenters. The Hall–Kier alpha value is -2.23. The van der Waals surface area contributed by atoms with Crippen LogP contribution in [-0.2, 0) is 9.59 Å². The van der Waals surface area contributed by atoms with Gasteiger partial charge in [0.25, 0.3) is 0 Å². The first-order valence-electron chi connectivity index (χ1n) is 5.81. The molecule has 0 rings (SSSR count).